The first-order valence-electron chi connectivity index (χ1n) is 23.9. The second kappa shape index (κ2) is 19.2. The monoisotopic (exact) mass is 920 g/mol. The van der Waals surface area contributed by atoms with Gasteiger partial charge in [0.25, 0.3) is 0 Å². The normalized spacial score (nSPS) is 55.6. The first-order valence-corrected chi connectivity index (χ1v) is 23.9. The molecule has 12 N–H and O–H groups in total. The molecule has 0 spiro atoms. The van der Waals surface area contributed by atoms with E-state index >= 15 is 0 Å². The van der Waals surface area contributed by atoms with Gasteiger partial charge in [-0.1, -0.05) is 27.7 Å². The van der Waals surface area contributed by atoms with Crippen LogP contribution in [-0.2, 0) is 33.2 Å². The molecule has 0 bridgehead atoms. The Morgan fingerprint density at radius 1 is 0.625 bits per heavy atom. The van der Waals surface area contributed by atoms with Gasteiger partial charge in [0.05, 0.1) is 38.6 Å². The highest BCUT2D eigenvalue weighted by Gasteiger charge is 2.68. The van der Waals surface area contributed by atoms with Crippen molar-refractivity contribution in [2.24, 2.45) is 52.3 Å². The maximum atomic E-state index is 12.1. The van der Waals surface area contributed by atoms with E-state index in [2.05, 4.69) is 20.8 Å². The van der Waals surface area contributed by atoms with Gasteiger partial charge in [0, 0.05) is 12.3 Å². The number of rotatable bonds is 13. The predicted molar refractivity (Wildman–Crippen MR) is 219 cm³/mol. The summed E-state index contributed by atoms with van der Waals surface area (Å²) in [5.74, 6) is 0.532. The molecule has 0 aromatic carbocycles. The van der Waals surface area contributed by atoms with E-state index in [1.54, 1.807) is 0 Å². The van der Waals surface area contributed by atoms with Crippen LogP contribution in [-0.4, -0.2) is 198 Å². The van der Waals surface area contributed by atoms with Gasteiger partial charge in [-0.2, -0.15) is 0 Å². The quantitative estimate of drug-likeness (QED) is 0.0909. The maximum Gasteiger partial charge on any atom is 0.187 e. The SMILES string of the molecule is C[C@H](CC[C@@]1(O)O[C@H]2C[C@H]3[C@@H]4CC[C@H]5C[C@@H](O[C@@H]6O[C@H](CO)[C@@H](O)[C@H](O)[C@H]6O[C@@H]6O[C@H](CO)[C@@H](O)[C@H](O)[C@H]6O)CC[C@]5(C)[C@H]4CC[C@]3(C)[C@H]2[C@@H]1C)CO[C@@H]1O[C@H](CO)[C@@H](O)[C@H](O)[C@H]1O. The highest BCUT2D eigenvalue weighted by Crippen LogP contribution is 2.71. The van der Waals surface area contributed by atoms with Crippen LogP contribution >= 0.6 is 0 Å². The Kier molecular flexibility index (Phi) is 14.9. The molecule has 0 radical (unpaired) electrons. The van der Waals surface area contributed by atoms with Gasteiger partial charge >= 0.3 is 0 Å². The molecule has 8 fully saturated rings. The van der Waals surface area contributed by atoms with Crippen molar-refractivity contribution >= 4 is 0 Å². The molecule has 0 aromatic rings. The van der Waals surface area contributed by atoms with Crippen LogP contribution in [0.3, 0.4) is 0 Å². The van der Waals surface area contributed by atoms with Gasteiger partial charge in [-0.05, 0) is 104 Å². The molecule has 0 aromatic heterocycles. The Morgan fingerprint density at radius 3 is 1.84 bits per heavy atom. The molecule has 4 saturated heterocycles. The van der Waals surface area contributed by atoms with Crippen molar-refractivity contribution in [2.75, 3.05) is 26.4 Å². The lowest BCUT2D eigenvalue weighted by Crippen LogP contribution is -2.65. The number of ether oxygens (including phenoxy) is 7. The molecule has 19 nitrogen and oxygen atoms in total. The molecule has 4 aliphatic heterocycles. The Balaban J connectivity index is 0.869. The molecule has 370 valence electrons. The Morgan fingerprint density at radius 2 is 1.20 bits per heavy atom. The lowest BCUT2D eigenvalue weighted by Gasteiger charge is -2.61. The lowest BCUT2D eigenvalue weighted by molar-refractivity contribution is -0.373. The highest BCUT2D eigenvalue weighted by atomic mass is 16.8. The zero-order valence-corrected chi connectivity index (χ0v) is 37.5. The number of aliphatic hydroxyl groups is 12. The Bertz CT molecular complexity index is 1560. The molecule has 8 aliphatic rings. The fourth-order valence-electron chi connectivity index (χ4n) is 14.2. The minimum absolute atomic E-state index is 0.00000712. The van der Waals surface area contributed by atoms with E-state index in [4.69, 9.17) is 33.2 Å². The van der Waals surface area contributed by atoms with Crippen LogP contribution in [0.25, 0.3) is 0 Å². The summed E-state index contributed by atoms with van der Waals surface area (Å²) in [6.07, 6.45) is -13.7. The summed E-state index contributed by atoms with van der Waals surface area (Å²) in [7, 11) is 0. The van der Waals surface area contributed by atoms with E-state index in [1.807, 2.05) is 6.92 Å². The second-order valence-corrected chi connectivity index (χ2v) is 21.5. The molecule has 64 heavy (non-hydrogen) atoms. The van der Waals surface area contributed by atoms with Gasteiger partial charge in [-0.15, -0.1) is 0 Å². The van der Waals surface area contributed by atoms with Crippen LogP contribution in [0.1, 0.15) is 91.9 Å². The molecule has 8 rings (SSSR count). The lowest BCUT2D eigenvalue weighted by atomic mass is 9.44. The van der Waals surface area contributed by atoms with E-state index in [-0.39, 0.29) is 47.4 Å². The third-order valence-corrected chi connectivity index (χ3v) is 18.0. The van der Waals surface area contributed by atoms with Crippen LogP contribution in [0.15, 0.2) is 0 Å². The van der Waals surface area contributed by atoms with Crippen molar-refractivity contribution in [3.8, 4) is 0 Å². The van der Waals surface area contributed by atoms with Gasteiger partial charge in [0.1, 0.15) is 73.2 Å². The fourth-order valence-corrected chi connectivity index (χ4v) is 14.2. The summed E-state index contributed by atoms with van der Waals surface area (Å²) in [4.78, 5) is 0. The standard InChI is InChI=1S/C45H76O19/c1-19(18-58-40-37(55)34(52)31(49)27(15-46)60-40)7-12-45(57)20(2)30-26(64-45)14-25-23-6-5-21-13-22(8-10-43(21,3)24(23)9-11-44(25,30)4)59-42-39(36(54)33(51)29(17-48)62-42)63-41-38(56)35(53)32(50)28(16-47)61-41/h19-42,46-57H,5-18H2,1-4H3/t19-,20+,21+,22+,23-,24+,25+,26+,27-,28-,29-,30+,31-,32-,33-,34+,35+,36+,37-,38-,39-,40-,41+,42-,43+,44+,45-/m1/s1. The van der Waals surface area contributed by atoms with Crippen molar-refractivity contribution in [1.82, 2.24) is 0 Å². The van der Waals surface area contributed by atoms with Gasteiger partial charge in [0.15, 0.2) is 24.7 Å². The summed E-state index contributed by atoms with van der Waals surface area (Å²) in [6.45, 7) is 7.28. The van der Waals surface area contributed by atoms with Gasteiger partial charge < -0.3 is 94.4 Å². The molecular weight excluding hydrogens is 844 g/mol. The molecule has 4 heterocycles. The minimum Gasteiger partial charge on any atom is -0.394 e. The third kappa shape index (κ3) is 8.65. The first-order chi connectivity index (χ1) is 30.3. The average Bonchev–Trinajstić information content (AvgIpc) is 3.71. The summed E-state index contributed by atoms with van der Waals surface area (Å²) in [5, 5.41) is 125. The number of fused-ring (bicyclic) bond motifs is 7. The average molecular weight is 921 g/mol. The largest absolute Gasteiger partial charge is 0.394 e. The van der Waals surface area contributed by atoms with Crippen LogP contribution < -0.4 is 0 Å². The second-order valence-electron chi connectivity index (χ2n) is 21.5. The smallest absolute Gasteiger partial charge is 0.187 e. The van der Waals surface area contributed by atoms with Crippen molar-refractivity contribution in [2.45, 2.75) is 202 Å². The summed E-state index contributed by atoms with van der Waals surface area (Å²) in [5.41, 5.74) is 0.0475. The molecule has 4 saturated carbocycles. The van der Waals surface area contributed by atoms with Crippen molar-refractivity contribution in [1.29, 1.82) is 0 Å². The predicted octanol–water partition coefficient (Wildman–Crippen LogP) is -1.78. The maximum absolute atomic E-state index is 12.1. The first kappa shape index (κ1) is 49.7. The van der Waals surface area contributed by atoms with E-state index in [0.717, 1.165) is 44.9 Å². The van der Waals surface area contributed by atoms with Crippen LogP contribution in [0.2, 0.25) is 0 Å². The van der Waals surface area contributed by atoms with Crippen molar-refractivity contribution in [3.63, 3.8) is 0 Å². The minimum atomic E-state index is -1.75. The molecule has 19 heteroatoms. The zero-order chi connectivity index (χ0) is 46.2. The van der Waals surface area contributed by atoms with Gasteiger partial charge in [-0.3, -0.25) is 0 Å². The summed E-state index contributed by atoms with van der Waals surface area (Å²) >= 11 is 0. The van der Waals surface area contributed by atoms with E-state index in [9.17, 15) is 61.3 Å². The molecular formula is C45H76O19. The number of hydrogen-bond acceptors (Lipinski definition) is 19. The summed E-state index contributed by atoms with van der Waals surface area (Å²) in [6, 6.07) is 0. The fraction of sp³-hybridized carbons (Fsp3) is 1.00. The highest BCUT2D eigenvalue weighted by molar-refractivity contribution is 5.15. The van der Waals surface area contributed by atoms with Gasteiger partial charge in [-0.25, -0.2) is 0 Å². The molecule has 0 amide bonds. The number of hydrogen-bond donors (Lipinski definition) is 12. The number of aliphatic hydroxyl groups excluding tert-OH is 11. The Labute approximate surface area is 374 Å². The van der Waals surface area contributed by atoms with Crippen molar-refractivity contribution in [3.05, 3.63) is 0 Å². The topological polar surface area (TPSA) is 307 Å². The molecule has 0 unspecified atom stereocenters. The van der Waals surface area contributed by atoms with Crippen LogP contribution in [0.5, 0.6) is 0 Å². The molecule has 27 atom stereocenters. The zero-order valence-electron chi connectivity index (χ0n) is 37.5. The van der Waals surface area contributed by atoms with Crippen LogP contribution in [0, 0.1) is 52.3 Å². The van der Waals surface area contributed by atoms with E-state index < -0.39 is 118 Å². The third-order valence-electron chi connectivity index (χ3n) is 18.0. The van der Waals surface area contributed by atoms with E-state index in [0.29, 0.717) is 42.9 Å². The summed E-state index contributed by atoms with van der Waals surface area (Å²) < 4.78 is 42.0. The van der Waals surface area contributed by atoms with Crippen LogP contribution in [0.4, 0.5) is 0 Å². The van der Waals surface area contributed by atoms with E-state index in [1.165, 1.54) is 0 Å². The molecule has 4 aliphatic carbocycles. The Hall–Kier alpha value is -0.760. The van der Waals surface area contributed by atoms with Crippen molar-refractivity contribution < 1.29 is 94.4 Å². The van der Waals surface area contributed by atoms with Gasteiger partial charge in [0.2, 0.25) is 0 Å².